The average Bonchev–Trinajstić information content (AvgIpc) is 3.32. The summed E-state index contributed by atoms with van der Waals surface area (Å²) >= 11 is 8.54. The molecule has 26 heavy (non-hydrogen) atoms. The summed E-state index contributed by atoms with van der Waals surface area (Å²) in [5.41, 5.74) is 1.13. The number of nitrogens with one attached hydrogen (secondary N) is 1. The number of aromatic nitrogens is 2. The summed E-state index contributed by atoms with van der Waals surface area (Å²) in [4.78, 5) is 25.4. The van der Waals surface area contributed by atoms with Gasteiger partial charge in [-0.15, -0.1) is 10.2 Å². The van der Waals surface area contributed by atoms with Crippen LogP contribution in [0.5, 0.6) is 0 Å². The smallest absolute Gasteiger partial charge is 0.230 e. The fourth-order valence-corrected chi connectivity index (χ4v) is 4.33. The van der Waals surface area contributed by atoms with Crippen LogP contribution in [-0.4, -0.2) is 40.4 Å². The fraction of sp³-hybridized carbons (Fsp3) is 0.412. The van der Waals surface area contributed by atoms with Crippen molar-refractivity contribution in [3.8, 4) is 0 Å². The van der Waals surface area contributed by atoms with Crippen molar-refractivity contribution in [3.63, 3.8) is 0 Å². The molecule has 0 radical (unpaired) electrons. The summed E-state index contributed by atoms with van der Waals surface area (Å²) < 4.78 is 0.694. The third-order valence-corrected chi connectivity index (χ3v) is 6.14. The number of anilines is 1. The number of benzene rings is 1. The zero-order valence-corrected chi connectivity index (χ0v) is 16.7. The lowest BCUT2D eigenvalue weighted by Crippen LogP contribution is -2.30. The Kier molecular flexibility index (Phi) is 6.50. The second kappa shape index (κ2) is 8.83. The van der Waals surface area contributed by atoms with E-state index in [9.17, 15) is 9.59 Å². The highest BCUT2D eigenvalue weighted by Gasteiger charge is 2.34. The molecule has 1 aromatic heterocycles. The van der Waals surface area contributed by atoms with Crippen molar-refractivity contribution in [1.82, 2.24) is 15.5 Å². The van der Waals surface area contributed by atoms with E-state index in [1.807, 2.05) is 24.3 Å². The van der Waals surface area contributed by atoms with Crippen LogP contribution in [0, 0.1) is 0 Å². The predicted octanol–water partition coefficient (Wildman–Crippen LogP) is 3.16. The van der Waals surface area contributed by atoms with E-state index in [0.29, 0.717) is 21.0 Å². The molecule has 0 atom stereocenters. The number of carbonyl (C=O) groups excluding carboxylic acids is 2. The van der Waals surface area contributed by atoms with Crippen LogP contribution in [0.25, 0.3) is 0 Å². The van der Waals surface area contributed by atoms with Crippen LogP contribution in [0.3, 0.4) is 0 Å². The van der Waals surface area contributed by atoms with E-state index >= 15 is 0 Å². The van der Waals surface area contributed by atoms with E-state index in [-0.39, 0.29) is 23.6 Å². The van der Waals surface area contributed by atoms with Gasteiger partial charge in [0.25, 0.3) is 0 Å². The van der Waals surface area contributed by atoms with Gasteiger partial charge in [-0.25, -0.2) is 0 Å². The van der Waals surface area contributed by atoms with Gasteiger partial charge >= 0.3 is 0 Å². The molecule has 1 fully saturated rings. The van der Waals surface area contributed by atoms with Crippen molar-refractivity contribution in [1.29, 1.82) is 0 Å². The normalized spacial score (nSPS) is 13.5. The maximum atomic E-state index is 12.0. The topological polar surface area (TPSA) is 75.2 Å². The first-order valence-electron chi connectivity index (χ1n) is 8.30. The lowest BCUT2D eigenvalue weighted by atomic mass is 10.1. The minimum absolute atomic E-state index is 0.0138. The van der Waals surface area contributed by atoms with Crippen LogP contribution in [0.15, 0.2) is 28.6 Å². The summed E-state index contributed by atoms with van der Waals surface area (Å²) in [6.45, 7) is 2.11. The zero-order chi connectivity index (χ0) is 18.5. The van der Waals surface area contributed by atoms with Crippen molar-refractivity contribution < 1.29 is 9.59 Å². The highest BCUT2D eigenvalue weighted by atomic mass is 35.5. The van der Waals surface area contributed by atoms with E-state index < -0.39 is 0 Å². The molecule has 6 nitrogen and oxygen atoms in total. The Morgan fingerprint density at radius 2 is 2.04 bits per heavy atom. The largest absolute Gasteiger partial charge is 0.355 e. The molecule has 0 unspecified atom stereocenters. The quantitative estimate of drug-likeness (QED) is 0.534. The maximum Gasteiger partial charge on any atom is 0.230 e. The van der Waals surface area contributed by atoms with Crippen molar-refractivity contribution in [3.05, 3.63) is 34.9 Å². The second-order valence-corrected chi connectivity index (χ2v) is 8.60. The third-order valence-electron chi connectivity index (χ3n) is 3.83. The summed E-state index contributed by atoms with van der Waals surface area (Å²) in [6, 6.07) is 7.84. The predicted molar refractivity (Wildman–Crippen MR) is 105 cm³/mol. The summed E-state index contributed by atoms with van der Waals surface area (Å²) in [5.74, 6) is 0.213. The molecule has 2 amide bonds. The van der Waals surface area contributed by atoms with Gasteiger partial charge in [-0.2, -0.15) is 0 Å². The molecule has 1 N–H and O–H groups in total. The average molecular weight is 411 g/mol. The monoisotopic (exact) mass is 410 g/mol. The summed E-state index contributed by atoms with van der Waals surface area (Å²) in [6.07, 6.45) is 2.78. The minimum atomic E-state index is -0.0497. The maximum absolute atomic E-state index is 12.0. The summed E-state index contributed by atoms with van der Waals surface area (Å²) in [7, 11) is 0. The molecule has 3 rings (SSSR count). The molecule has 1 heterocycles. The molecule has 1 aromatic carbocycles. The molecule has 0 spiro atoms. The minimum Gasteiger partial charge on any atom is -0.355 e. The van der Waals surface area contributed by atoms with Gasteiger partial charge in [-0.3, -0.25) is 14.5 Å². The van der Waals surface area contributed by atoms with Gasteiger partial charge in [0.15, 0.2) is 4.34 Å². The number of thioether (sulfide) groups is 1. The highest BCUT2D eigenvalue weighted by Crippen LogP contribution is 2.35. The van der Waals surface area contributed by atoms with Gasteiger partial charge in [-0.05, 0) is 37.0 Å². The molecular formula is C17H19ClN4O2S2. The van der Waals surface area contributed by atoms with Crippen molar-refractivity contribution in [2.24, 2.45) is 0 Å². The third kappa shape index (κ3) is 5.43. The van der Waals surface area contributed by atoms with Gasteiger partial charge < -0.3 is 5.32 Å². The van der Waals surface area contributed by atoms with Crippen LogP contribution in [0.4, 0.5) is 5.13 Å². The number of hydrogen-bond acceptors (Lipinski definition) is 6. The number of amides is 2. The molecule has 2 aromatic rings. The Morgan fingerprint density at radius 3 is 2.69 bits per heavy atom. The zero-order valence-electron chi connectivity index (χ0n) is 14.3. The van der Waals surface area contributed by atoms with Gasteiger partial charge in [0.05, 0.1) is 5.75 Å². The van der Waals surface area contributed by atoms with Crippen molar-refractivity contribution >= 4 is 51.6 Å². The number of rotatable bonds is 8. The molecule has 1 aliphatic rings. The van der Waals surface area contributed by atoms with E-state index in [4.69, 9.17) is 11.6 Å². The molecule has 1 saturated carbocycles. The van der Waals surface area contributed by atoms with Crippen LogP contribution in [0.2, 0.25) is 5.02 Å². The fourth-order valence-electron chi connectivity index (χ4n) is 2.41. The Labute approximate surface area is 165 Å². The first kappa shape index (κ1) is 19.1. The second-order valence-electron chi connectivity index (χ2n) is 5.99. The van der Waals surface area contributed by atoms with Gasteiger partial charge in [0, 0.05) is 24.5 Å². The molecule has 9 heteroatoms. The van der Waals surface area contributed by atoms with E-state index in [0.717, 1.165) is 24.8 Å². The van der Waals surface area contributed by atoms with Crippen LogP contribution >= 0.6 is 34.7 Å². The molecule has 1 aliphatic carbocycles. The Balaban J connectivity index is 1.41. The van der Waals surface area contributed by atoms with Crippen LogP contribution in [0.1, 0.15) is 25.3 Å². The first-order valence-corrected chi connectivity index (χ1v) is 10.5. The Morgan fingerprint density at radius 1 is 1.31 bits per heavy atom. The molecule has 0 aliphatic heterocycles. The number of halogens is 1. The molecular weight excluding hydrogens is 392 g/mol. The van der Waals surface area contributed by atoms with Crippen molar-refractivity contribution in [2.75, 3.05) is 17.2 Å². The van der Waals surface area contributed by atoms with Crippen LogP contribution < -0.4 is 10.2 Å². The number of carbonyl (C=O) groups is 2. The van der Waals surface area contributed by atoms with E-state index in [1.54, 1.807) is 11.8 Å². The summed E-state index contributed by atoms with van der Waals surface area (Å²) in [5, 5.41) is 12.4. The van der Waals surface area contributed by atoms with Crippen LogP contribution in [-0.2, 0) is 16.0 Å². The van der Waals surface area contributed by atoms with E-state index in [1.165, 1.54) is 23.1 Å². The standard InChI is InChI=1S/C17H19ClN4O2S2/c1-11(23)22(14-6-7-14)16-20-21-17(26-16)25-10-15(24)19-9-8-12-2-4-13(18)5-3-12/h2-5,14H,6-10H2,1H3,(H,19,24). The van der Waals surface area contributed by atoms with E-state index in [2.05, 4.69) is 15.5 Å². The van der Waals surface area contributed by atoms with Gasteiger partial charge in [-0.1, -0.05) is 46.8 Å². The number of hydrogen-bond donors (Lipinski definition) is 1. The SMILES string of the molecule is CC(=O)N(c1nnc(SCC(=O)NCCc2ccc(Cl)cc2)s1)C1CC1. The first-order chi connectivity index (χ1) is 12.5. The molecule has 0 saturated heterocycles. The lowest BCUT2D eigenvalue weighted by Gasteiger charge is -2.15. The molecule has 0 bridgehead atoms. The van der Waals surface area contributed by atoms with Gasteiger partial charge in [0.1, 0.15) is 0 Å². The van der Waals surface area contributed by atoms with Gasteiger partial charge in [0.2, 0.25) is 16.9 Å². The van der Waals surface area contributed by atoms with Crippen molar-refractivity contribution in [2.45, 2.75) is 36.6 Å². The number of nitrogens with zero attached hydrogens (tertiary/aromatic N) is 3. The Hall–Kier alpha value is -1.64. The molecule has 138 valence electrons. The highest BCUT2D eigenvalue weighted by molar-refractivity contribution is 8.01. The Bertz CT molecular complexity index is 777. The lowest BCUT2D eigenvalue weighted by molar-refractivity contribution is -0.118.